The van der Waals surface area contributed by atoms with Crippen molar-refractivity contribution in [2.45, 2.75) is 0 Å². The minimum atomic E-state index is -0.780. The molecule has 0 spiro atoms. The van der Waals surface area contributed by atoms with Crippen LogP contribution in [0, 0.1) is 5.82 Å². The highest BCUT2D eigenvalue weighted by Gasteiger charge is 2.28. The van der Waals surface area contributed by atoms with Crippen LogP contribution in [0.2, 0.25) is 0 Å². The molecule has 102 valence electrons. The Bertz CT molecular complexity index is 801. The number of ether oxygens (including phenoxy) is 1. The first-order chi connectivity index (χ1) is 10.3. The molecule has 1 aliphatic heterocycles. The molecule has 3 aromatic rings. The summed E-state index contributed by atoms with van der Waals surface area (Å²) >= 11 is 0. The van der Waals surface area contributed by atoms with E-state index < -0.39 is 7.92 Å². The Hall–Kier alpha value is -2.18. The first-order valence-corrected chi connectivity index (χ1v) is 8.09. The van der Waals surface area contributed by atoms with Gasteiger partial charge in [-0.1, -0.05) is 48.5 Å². The van der Waals surface area contributed by atoms with Gasteiger partial charge in [0.1, 0.15) is 17.3 Å². The van der Waals surface area contributed by atoms with E-state index in [0.29, 0.717) is 0 Å². The smallest absolute Gasteiger partial charge is 0.135 e. The van der Waals surface area contributed by atoms with Crippen LogP contribution < -0.4 is 20.7 Å². The molecule has 1 heterocycles. The maximum Gasteiger partial charge on any atom is 0.135 e. The Kier molecular flexibility index (Phi) is 2.98. The molecule has 0 radical (unpaired) electrons. The third-order valence-electron chi connectivity index (χ3n) is 3.50. The summed E-state index contributed by atoms with van der Waals surface area (Å²) in [7, 11) is -0.780. The number of halogens is 1. The lowest BCUT2D eigenvalue weighted by atomic mass is 10.3. The number of hydrogen-bond donors (Lipinski definition) is 0. The van der Waals surface area contributed by atoms with E-state index in [-0.39, 0.29) is 5.82 Å². The van der Waals surface area contributed by atoms with Crippen molar-refractivity contribution in [1.82, 2.24) is 0 Å². The molecule has 3 aromatic carbocycles. The highest BCUT2D eigenvalue weighted by atomic mass is 31.1. The summed E-state index contributed by atoms with van der Waals surface area (Å²) in [6.07, 6.45) is 0. The second-order valence-corrected chi connectivity index (χ2v) is 7.00. The predicted molar refractivity (Wildman–Crippen MR) is 85.2 cm³/mol. The molecular weight excluding hydrogens is 282 g/mol. The Labute approximate surface area is 123 Å². The van der Waals surface area contributed by atoms with E-state index in [9.17, 15) is 4.39 Å². The second kappa shape index (κ2) is 4.98. The van der Waals surface area contributed by atoms with Gasteiger partial charge in [0.05, 0.1) is 0 Å². The third-order valence-corrected chi connectivity index (χ3v) is 6.00. The van der Waals surface area contributed by atoms with Crippen LogP contribution in [0.4, 0.5) is 4.39 Å². The molecule has 4 rings (SSSR count). The van der Waals surface area contributed by atoms with Crippen molar-refractivity contribution in [3.8, 4) is 11.5 Å². The van der Waals surface area contributed by atoms with Crippen molar-refractivity contribution in [3.63, 3.8) is 0 Å². The zero-order chi connectivity index (χ0) is 14.2. The van der Waals surface area contributed by atoms with Crippen molar-refractivity contribution in [2.75, 3.05) is 0 Å². The van der Waals surface area contributed by atoms with Gasteiger partial charge in [0.25, 0.3) is 0 Å². The van der Waals surface area contributed by atoms with Gasteiger partial charge in [0, 0.05) is 10.6 Å². The first kappa shape index (κ1) is 12.6. The molecule has 0 bridgehead atoms. The largest absolute Gasteiger partial charge is 0.456 e. The Morgan fingerprint density at radius 2 is 1.43 bits per heavy atom. The fourth-order valence-electron chi connectivity index (χ4n) is 2.58. The Morgan fingerprint density at radius 1 is 0.714 bits per heavy atom. The number of fused-ring (bicyclic) bond motifs is 2. The van der Waals surface area contributed by atoms with Crippen molar-refractivity contribution in [1.29, 1.82) is 0 Å². The molecule has 0 aliphatic carbocycles. The Balaban J connectivity index is 1.98. The summed E-state index contributed by atoms with van der Waals surface area (Å²) in [5.74, 6) is 1.40. The standard InChI is InChI=1S/C18H12FOP/c19-13-10-11-16-18(12-13)21(14-6-2-1-3-7-14)17-9-5-4-8-15(17)20-16/h1-12H. The molecule has 1 aliphatic rings. The van der Waals surface area contributed by atoms with Crippen molar-refractivity contribution in [3.05, 3.63) is 78.6 Å². The summed E-state index contributed by atoms with van der Waals surface area (Å²) in [6, 6.07) is 23.0. The molecule has 1 unspecified atom stereocenters. The van der Waals surface area contributed by atoms with Crippen molar-refractivity contribution >= 4 is 23.8 Å². The Morgan fingerprint density at radius 3 is 2.29 bits per heavy atom. The molecule has 1 nitrogen and oxygen atoms in total. The van der Waals surface area contributed by atoms with Gasteiger partial charge in [-0.25, -0.2) is 4.39 Å². The normalized spacial score (nSPS) is 15.8. The second-order valence-electron chi connectivity index (χ2n) is 4.85. The van der Waals surface area contributed by atoms with Gasteiger partial charge in [0.2, 0.25) is 0 Å². The van der Waals surface area contributed by atoms with Crippen LogP contribution >= 0.6 is 7.92 Å². The monoisotopic (exact) mass is 294 g/mol. The molecule has 0 N–H and O–H groups in total. The van der Waals surface area contributed by atoms with Gasteiger partial charge < -0.3 is 4.74 Å². The fraction of sp³-hybridized carbons (Fsp3) is 0. The van der Waals surface area contributed by atoms with E-state index in [0.717, 1.165) is 22.1 Å². The molecule has 3 heteroatoms. The lowest BCUT2D eigenvalue weighted by molar-refractivity contribution is 0.486. The van der Waals surface area contributed by atoms with Gasteiger partial charge >= 0.3 is 0 Å². The summed E-state index contributed by atoms with van der Waals surface area (Å²) < 4.78 is 19.6. The zero-order valence-electron chi connectivity index (χ0n) is 11.2. The molecule has 0 saturated carbocycles. The number of benzene rings is 3. The van der Waals surface area contributed by atoms with E-state index >= 15 is 0 Å². The highest BCUT2D eigenvalue weighted by Crippen LogP contribution is 2.44. The van der Waals surface area contributed by atoms with Crippen LogP contribution in [-0.2, 0) is 0 Å². The van der Waals surface area contributed by atoms with Crippen LogP contribution in [0.1, 0.15) is 0 Å². The van der Waals surface area contributed by atoms with E-state index in [2.05, 4.69) is 18.2 Å². The molecule has 0 fully saturated rings. The summed E-state index contributed by atoms with van der Waals surface area (Å²) in [5.41, 5.74) is 0. The maximum absolute atomic E-state index is 13.7. The predicted octanol–water partition coefficient (Wildman–Crippen LogP) is 3.69. The van der Waals surface area contributed by atoms with Crippen LogP contribution in [0.15, 0.2) is 72.8 Å². The van der Waals surface area contributed by atoms with Gasteiger partial charge in [-0.2, -0.15) is 0 Å². The van der Waals surface area contributed by atoms with Gasteiger partial charge in [-0.3, -0.25) is 0 Å². The average molecular weight is 294 g/mol. The maximum atomic E-state index is 13.7. The third kappa shape index (κ3) is 2.12. The molecule has 1 atom stereocenters. The molecule has 0 aromatic heterocycles. The van der Waals surface area contributed by atoms with Crippen molar-refractivity contribution in [2.24, 2.45) is 0 Å². The number of hydrogen-bond acceptors (Lipinski definition) is 1. The minimum Gasteiger partial charge on any atom is -0.456 e. The highest BCUT2D eigenvalue weighted by molar-refractivity contribution is 7.80. The fourth-order valence-corrected chi connectivity index (χ4v) is 5.04. The van der Waals surface area contributed by atoms with Gasteiger partial charge in [0.15, 0.2) is 0 Å². The minimum absolute atomic E-state index is 0.222. The van der Waals surface area contributed by atoms with Crippen LogP contribution in [-0.4, -0.2) is 0 Å². The van der Waals surface area contributed by atoms with E-state index in [1.165, 1.54) is 11.4 Å². The summed E-state index contributed by atoms with van der Waals surface area (Å²) in [5, 5.41) is 3.28. The molecule has 21 heavy (non-hydrogen) atoms. The molecule has 0 amide bonds. The zero-order valence-corrected chi connectivity index (χ0v) is 12.1. The average Bonchev–Trinajstić information content (AvgIpc) is 2.53. The quantitative estimate of drug-likeness (QED) is 0.487. The van der Waals surface area contributed by atoms with E-state index in [1.807, 2.05) is 36.4 Å². The summed E-state index contributed by atoms with van der Waals surface area (Å²) in [6.45, 7) is 0. The number of para-hydroxylation sites is 1. The van der Waals surface area contributed by atoms with Gasteiger partial charge in [-0.05, 0) is 37.5 Å². The molecular formula is C18H12FOP. The van der Waals surface area contributed by atoms with E-state index in [4.69, 9.17) is 4.74 Å². The van der Waals surface area contributed by atoms with Crippen LogP contribution in [0.5, 0.6) is 11.5 Å². The topological polar surface area (TPSA) is 9.23 Å². The lowest BCUT2D eigenvalue weighted by Gasteiger charge is -2.28. The molecule has 0 saturated heterocycles. The van der Waals surface area contributed by atoms with E-state index in [1.54, 1.807) is 12.1 Å². The SMILES string of the molecule is Fc1ccc2c(c1)P(c1ccccc1)c1ccccc1O2. The summed E-state index contributed by atoms with van der Waals surface area (Å²) in [4.78, 5) is 0. The van der Waals surface area contributed by atoms with Gasteiger partial charge in [-0.15, -0.1) is 0 Å². The van der Waals surface area contributed by atoms with Crippen molar-refractivity contribution < 1.29 is 9.13 Å². The van der Waals surface area contributed by atoms with Crippen LogP contribution in [0.25, 0.3) is 0 Å². The lowest BCUT2D eigenvalue weighted by Crippen LogP contribution is -2.27. The number of rotatable bonds is 1. The first-order valence-electron chi connectivity index (χ1n) is 6.74. The van der Waals surface area contributed by atoms with Crippen LogP contribution in [0.3, 0.4) is 0 Å².